The maximum absolute atomic E-state index is 12.7. The SMILES string of the molecule is CCO[C@@H]1[C@@H](OC)[C@H](C)O[C@@H](O/N=C/c2ccc(C#Cc3ccc(C(F)(F)F)cc3)cc2)[C@@H]1OC. The highest BCUT2D eigenvalue weighted by atomic mass is 19.4. The van der Waals surface area contributed by atoms with Crippen molar-refractivity contribution in [3.8, 4) is 11.8 Å². The summed E-state index contributed by atoms with van der Waals surface area (Å²) in [5.74, 6) is 5.78. The molecule has 2 aromatic carbocycles. The predicted octanol–water partition coefficient (Wildman–Crippen LogP) is 4.64. The standard InChI is InChI=1S/C26H28F3NO5/c1-5-33-23-22(31-3)17(2)34-25(24(23)32-4)35-30-16-20-10-8-18(9-11-20)6-7-19-12-14-21(15-13-19)26(27,28)29/h8-17,22-25H,5H2,1-4H3/b30-16+/t17-,22-,23+,24+,25-/m0/s1. The first-order valence-electron chi connectivity index (χ1n) is 11.1. The Morgan fingerprint density at radius 2 is 1.49 bits per heavy atom. The predicted molar refractivity (Wildman–Crippen MR) is 124 cm³/mol. The third-order valence-corrected chi connectivity index (χ3v) is 5.47. The average molecular weight is 492 g/mol. The maximum atomic E-state index is 12.7. The quantitative estimate of drug-likeness (QED) is 0.321. The Balaban J connectivity index is 1.61. The van der Waals surface area contributed by atoms with Gasteiger partial charge in [0.15, 0.2) is 6.10 Å². The van der Waals surface area contributed by atoms with Crippen molar-refractivity contribution in [1.29, 1.82) is 0 Å². The number of nitrogens with zero attached hydrogens (tertiary/aromatic N) is 1. The molecule has 0 amide bonds. The summed E-state index contributed by atoms with van der Waals surface area (Å²) in [6.07, 6.45) is -5.10. The molecule has 1 fully saturated rings. The molecule has 0 saturated carbocycles. The van der Waals surface area contributed by atoms with E-state index in [0.717, 1.165) is 17.7 Å². The van der Waals surface area contributed by atoms with Crippen LogP contribution in [-0.2, 0) is 30.0 Å². The molecule has 1 aliphatic rings. The van der Waals surface area contributed by atoms with Crippen LogP contribution in [0.4, 0.5) is 13.2 Å². The minimum Gasteiger partial charge on any atom is -0.376 e. The van der Waals surface area contributed by atoms with Gasteiger partial charge in [-0.25, -0.2) is 0 Å². The lowest BCUT2D eigenvalue weighted by Crippen LogP contribution is -2.59. The van der Waals surface area contributed by atoms with Crippen LogP contribution in [0.5, 0.6) is 0 Å². The molecule has 0 unspecified atom stereocenters. The number of benzene rings is 2. The molecule has 0 N–H and O–H groups in total. The van der Waals surface area contributed by atoms with Gasteiger partial charge in [-0.15, -0.1) is 0 Å². The molecule has 1 heterocycles. The second-order valence-electron chi connectivity index (χ2n) is 7.82. The first-order chi connectivity index (χ1) is 16.8. The molecule has 1 saturated heterocycles. The fourth-order valence-corrected chi connectivity index (χ4v) is 3.70. The first-order valence-corrected chi connectivity index (χ1v) is 11.1. The largest absolute Gasteiger partial charge is 0.416 e. The summed E-state index contributed by atoms with van der Waals surface area (Å²) in [4.78, 5) is 5.58. The summed E-state index contributed by atoms with van der Waals surface area (Å²) in [6.45, 7) is 4.25. The highest BCUT2D eigenvalue weighted by molar-refractivity contribution is 5.79. The van der Waals surface area contributed by atoms with E-state index < -0.39 is 24.1 Å². The van der Waals surface area contributed by atoms with Crippen LogP contribution in [0.2, 0.25) is 0 Å². The van der Waals surface area contributed by atoms with Gasteiger partial charge in [0.05, 0.1) is 17.9 Å². The topological polar surface area (TPSA) is 58.5 Å². The number of alkyl halides is 3. The Morgan fingerprint density at radius 1 is 0.914 bits per heavy atom. The summed E-state index contributed by atoms with van der Waals surface area (Å²) in [5, 5.41) is 4.04. The number of hydrogen-bond acceptors (Lipinski definition) is 6. The van der Waals surface area contributed by atoms with E-state index in [1.807, 2.05) is 13.8 Å². The van der Waals surface area contributed by atoms with E-state index in [4.69, 9.17) is 23.8 Å². The van der Waals surface area contributed by atoms with Crippen molar-refractivity contribution >= 4 is 6.21 Å². The Morgan fingerprint density at radius 3 is 2.00 bits per heavy atom. The van der Waals surface area contributed by atoms with E-state index in [-0.39, 0.29) is 18.3 Å². The number of oxime groups is 1. The molecule has 0 bridgehead atoms. The lowest BCUT2D eigenvalue weighted by atomic mass is 9.99. The molecule has 0 radical (unpaired) electrons. The van der Waals surface area contributed by atoms with Gasteiger partial charge >= 0.3 is 6.18 Å². The van der Waals surface area contributed by atoms with E-state index in [9.17, 15) is 13.2 Å². The van der Waals surface area contributed by atoms with Gasteiger partial charge in [-0.2, -0.15) is 13.2 Å². The van der Waals surface area contributed by atoms with Gasteiger partial charge < -0.3 is 23.8 Å². The molecular formula is C26H28F3NO5. The van der Waals surface area contributed by atoms with Crippen LogP contribution in [-0.4, -0.2) is 57.7 Å². The van der Waals surface area contributed by atoms with E-state index >= 15 is 0 Å². The van der Waals surface area contributed by atoms with Crippen molar-refractivity contribution in [3.05, 3.63) is 70.8 Å². The number of halogens is 3. The summed E-state index contributed by atoms with van der Waals surface area (Å²) in [7, 11) is 3.15. The molecule has 0 spiro atoms. The fourth-order valence-electron chi connectivity index (χ4n) is 3.70. The van der Waals surface area contributed by atoms with Crippen LogP contribution in [0.1, 0.15) is 36.1 Å². The molecule has 9 heteroatoms. The highest BCUT2D eigenvalue weighted by Gasteiger charge is 2.47. The molecule has 3 rings (SSSR count). The number of methoxy groups -OCH3 is 2. The zero-order valence-corrected chi connectivity index (χ0v) is 19.9. The van der Waals surface area contributed by atoms with E-state index in [0.29, 0.717) is 17.7 Å². The van der Waals surface area contributed by atoms with Crippen LogP contribution in [0.3, 0.4) is 0 Å². The van der Waals surface area contributed by atoms with E-state index in [2.05, 4.69) is 17.0 Å². The van der Waals surface area contributed by atoms with Gasteiger partial charge in [-0.05, 0) is 55.8 Å². The molecule has 5 atom stereocenters. The monoisotopic (exact) mass is 491 g/mol. The Bertz CT molecular complexity index is 1030. The fraction of sp³-hybridized carbons (Fsp3) is 0.423. The second kappa shape index (κ2) is 12.2. The minimum atomic E-state index is -4.36. The number of rotatable bonds is 7. The van der Waals surface area contributed by atoms with Crippen LogP contribution in [0, 0.1) is 11.8 Å². The van der Waals surface area contributed by atoms with Crippen molar-refractivity contribution in [3.63, 3.8) is 0 Å². The van der Waals surface area contributed by atoms with Crippen LogP contribution >= 0.6 is 0 Å². The van der Waals surface area contributed by atoms with Gasteiger partial charge in [-0.1, -0.05) is 29.1 Å². The molecule has 2 aromatic rings. The highest BCUT2D eigenvalue weighted by Crippen LogP contribution is 2.29. The lowest BCUT2D eigenvalue weighted by Gasteiger charge is -2.42. The van der Waals surface area contributed by atoms with Crippen molar-refractivity contribution < 1.29 is 37.0 Å². The van der Waals surface area contributed by atoms with Crippen LogP contribution in [0.25, 0.3) is 0 Å². The molecule has 188 valence electrons. The van der Waals surface area contributed by atoms with Gasteiger partial charge in [0.2, 0.25) is 0 Å². The van der Waals surface area contributed by atoms with E-state index in [1.165, 1.54) is 18.3 Å². The minimum absolute atomic E-state index is 0.286. The van der Waals surface area contributed by atoms with Gasteiger partial charge in [-0.3, -0.25) is 0 Å². The van der Waals surface area contributed by atoms with Crippen LogP contribution < -0.4 is 0 Å². The smallest absolute Gasteiger partial charge is 0.376 e. The zero-order chi connectivity index (χ0) is 25.4. The third-order valence-electron chi connectivity index (χ3n) is 5.47. The third kappa shape index (κ3) is 7.05. The molecule has 1 aliphatic heterocycles. The first kappa shape index (κ1) is 26.7. The molecule has 0 aliphatic carbocycles. The molecule has 6 nitrogen and oxygen atoms in total. The van der Waals surface area contributed by atoms with Gasteiger partial charge in [0.1, 0.15) is 12.2 Å². The van der Waals surface area contributed by atoms with Crippen LogP contribution in [0.15, 0.2) is 53.7 Å². The maximum Gasteiger partial charge on any atom is 0.416 e. The Kier molecular flexibility index (Phi) is 9.29. The molecule has 0 aromatic heterocycles. The van der Waals surface area contributed by atoms with Crippen molar-refractivity contribution in [2.24, 2.45) is 5.16 Å². The second-order valence-corrected chi connectivity index (χ2v) is 7.82. The average Bonchev–Trinajstić information content (AvgIpc) is 2.83. The Labute approximate surface area is 203 Å². The van der Waals surface area contributed by atoms with Crippen molar-refractivity contribution in [2.45, 2.75) is 50.7 Å². The van der Waals surface area contributed by atoms with Crippen molar-refractivity contribution in [1.82, 2.24) is 0 Å². The number of hydrogen-bond donors (Lipinski definition) is 0. The summed E-state index contributed by atoms with van der Waals surface area (Å²) < 4.78 is 60.7. The molecular weight excluding hydrogens is 463 g/mol. The normalized spacial score (nSPS) is 24.7. The Hall–Kier alpha value is -2.90. The lowest BCUT2D eigenvalue weighted by molar-refractivity contribution is -0.308. The van der Waals surface area contributed by atoms with Crippen molar-refractivity contribution in [2.75, 3.05) is 20.8 Å². The molecule has 35 heavy (non-hydrogen) atoms. The van der Waals surface area contributed by atoms with Gasteiger partial charge in [0, 0.05) is 32.0 Å². The van der Waals surface area contributed by atoms with Gasteiger partial charge in [0.25, 0.3) is 6.29 Å². The van der Waals surface area contributed by atoms with E-state index in [1.54, 1.807) is 38.5 Å². The number of ether oxygens (including phenoxy) is 4. The summed E-state index contributed by atoms with van der Waals surface area (Å²) >= 11 is 0. The summed E-state index contributed by atoms with van der Waals surface area (Å²) in [6, 6.07) is 11.9. The zero-order valence-electron chi connectivity index (χ0n) is 19.9. The summed E-state index contributed by atoms with van der Waals surface area (Å²) in [5.41, 5.74) is 1.26.